The second-order valence-corrected chi connectivity index (χ2v) is 6.54. The molecule has 6 nitrogen and oxygen atoms in total. The highest BCUT2D eigenvalue weighted by atomic mass is 19.1. The third-order valence-corrected chi connectivity index (χ3v) is 4.56. The molecular formula is C19H22FN3O3. The van der Waals surface area contributed by atoms with Gasteiger partial charge >= 0.3 is 0 Å². The van der Waals surface area contributed by atoms with Crippen LogP contribution >= 0.6 is 0 Å². The third-order valence-electron chi connectivity index (χ3n) is 4.56. The number of aryl methyl sites for hydroxylation is 2. The lowest BCUT2D eigenvalue weighted by Crippen LogP contribution is -2.38. The molecule has 26 heavy (non-hydrogen) atoms. The van der Waals surface area contributed by atoms with Crippen LogP contribution in [0.4, 0.5) is 4.39 Å². The predicted molar refractivity (Wildman–Crippen MR) is 94.3 cm³/mol. The van der Waals surface area contributed by atoms with Crippen LogP contribution in [-0.4, -0.2) is 28.6 Å². The number of ether oxygens (including phenoxy) is 1. The van der Waals surface area contributed by atoms with Crippen molar-refractivity contribution in [2.75, 3.05) is 6.61 Å². The molecule has 2 atom stereocenters. The van der Waals surface area contributed by atoms with E-state index in [0.29, 0.717) is 23.7 Å². The molecule has 1 fully saturated rings. The Morgan fingerprint density at radius 1 is 1.38 bits per heavy atom. The molecule has 0 saturated carbocycles. The highest BCUT2D eigenvalue weighted by Gasteiger charge is 2.29. The first-order valence-corrected chi connectivity index (χ1v) is 8.67. The number of aromatic nitrogens is 2. The maximum absolute atomic E-state index is 13.2. The standard InChI is InChI=1S/C19H22FN3O3/c1-11-15(19(25)22-12(2)21-11)10-17(24)23-18(16-4-3-9-26-16)13-5-7-14(20)8-6-13/h5-8,16,18H,3-4,9-10H2,1-2H3,(H,23,24)(H,21,22,25). The predicted octanol–water partition coefficient (Wildman–Crippen LogP) is 2.10. The number of aromatic amines is 1. The van der Waals surface area contributed by atoms with Crippen LogP contribution in [0.1, 0.15) is 41.5 Å². The van der Waals surface area contributed by atoms with Crippen LogP contribution in [0, 0.1) is 19.7 Å². The Bertz CT molecular complexity index is 842. The summed E-state index contributed by atoms with van der Waals surface area (Å²) in [5, 5.41) is 2.95. The summed E-state index contributed by atoms with van der Waals surface area (Å²) in [5.74, 6) is -0.117. The van der Waals surface area contributed by atoms with Gasteiger partial charge in [0.25, 0.3) is 5.56 Å². The van der Waals surface area contributed by atoms with E-state index in [0.717, 1.165) is 18.4 Å². The molecule has 138 valence electrons. The van der Waals surface area contributed by atoms with Gasteiger partial charge in [-0.05, 0) is 44.4 Å². The van der Waals surface area contributed by atoms with E-state index in [9.17, 15) is 14.0 Å². The fraction of sp³-hybridized carbons (Fsp3) is 0.421. The molecule has 1 aliphatic heterocycles. The number of amides is 1. The minimum Gasteiger partial charge on any atom is -0.376 e. The second-order valence-electron chi connectivity index (χ2n) is 6.54. The van der Waals surface area contributed by atoms with E-state index in [4.69, 9.17) is 4.74 Å². The highest BCUT2D eigenvalue weighted by molar-refractivity contribution is 5.79. The van der Waals surface area contributed by atoms with Crippen molar-refractivity contribution < 1.29 is 13.9 Å². The van der Waals surface area contributed by atoms with Crippen molar-refractivity contribution in [3.63, 3.8) is 0 Å². The average Bonchev–Trinajstić information content (AvgIpc) is 3.11. The number of benzene rings is 1. The van der Waals surface area contributed by atoms with Crippen molar-refractivity contribution in [2.45, 2.75) is 45.3 Å². The summed E-state index contributed by atoms with van der Waals surface area (Å²) in [5.41, 5.74) is 1.36. The van der Waals surface area contributed by atoms with E-state index in [-0.39, 0.29) is 35.9 Å². The topological polar surface area (TPSA) is 84.1 Å². The van der Waals surface area contributed by atoms with E-state index >= 15 is 0 Å². The molecule has 0 radical (unpaired) electrons. The SMILES string of the molecule is Cc1nc(C)c(CC(=O)NC(c2ccc(F)cc2)C2CCCO2)c(=O)[nH]1. The van der Waals surface area contributed by atoms with Crippen molar-refractivity contribution in [3.8, 4) is 0 Å². The number of H-pyrrole nitrogens is 1. The molecule has 1 aromatic heterocycles. The summed E-state index contributed by atoms with van der Waals surface area (Å²) in [4.78, 5) is 31.5. The summed E-state index contributed by atoms with van der Waals surface area (Å²) in [6.07, 6.45) is 1.49. The van der Waals surface area contributed by atoms with Gasteiger partial charge in [-0.2, -0.15) is 0 Å². The Morgan fingerprint density at radius 2 is 2.12 bits per heavy atom. The maximum atomic E-state index is 13.2. The molecule has 2 unspecified atom stereocenters. The van der Waals surface area contributed by atoms with E-state index in [1.54, 1.807) is 26.0 Å². The first-order chi connectivity index (χ1) is 12.4. The molecule has 1 amide bonds. The molecule has 0 spiro atoms. The van der Waals surface area contributed by atoms with Gasteiger partial charge in [-0.15, -0.1) is 0 Å². The number of carbonyl (C=O) groups is 1. The van der Waals surface area contributed by atoms with Crippen molar-refractivity contribution >= 4 is 5.91 Å². The molecule has 0 aliphatic carbocycles. The lowest BCUT2D eigenvalue weighted by Gasteiger charge is -2.25. The van der Waals surface area contributed by atoms with Gasteiger partial charge in [0.15, 0.2) is 0 Å². The number of carbonyl (C=O) groups excluding carboxylic acids is 1. The van der Waals surface area contributed by atoms with Gasteiger partial charge in [0.2, 0.25) is 5.91 Å². The number of nitrogens with zero attached hydrogens (tertiary/aromatic N) is 1. The second kappa shape index (κ2) is 7.78. The number of nitrogens with one attached hydrogen (secondary N) is 2. The minimum atomic E-state index is -0.386. The van der Waals surface area contributed by atoms with Crippen LogP contribution in [0.25, 0.3) is 0 Å². The van der Waals surface area contributed by atoms with Gasteiger partial charge in [-0.25, -0.2) is 9.37 Å². The molecule has 1 saturated heterocycles. The van der Waals surface area contributed by atoms with Crippen molar-refractivity contribution in [3.05, 3.63) is 63.1 Å². The summed E-state index contributed by atoms with van der Waals surface area (Å²) in [6, 6.07) is 5.63. The van der Waals surface area contributed by atoms with Crippen LogP contribution in [0.2, 0.25) is 0 Å². The zero-order valence-electron chi connectivity index (χ0n) is 14.8. The summed E-state index contributed by atoms with van der Waals surface area (Å²) in [7, 11) is 0. The monoisotopic (exact) mass is 359 g/mol. The first-order valence-electron chi connectivity index (χ1n) is 8.67. The fourth-order valence-electron chi connectivity index (χ4n) is 3.27. The molecule has 1 aliphatic rings. The Balaban J connectivity index is 1.79. The van der Waals surface area contributed by atoms with Gasteiger partial charge < -0.3 is 15.0 Å². The summed E-state index contributed by atoms with van der Waals surface area (Å²) in [6.45, 7) is 4.04. The van der Waals surface area contributed by atoms with Gasteiger partial charge in [0, 0.05) is 17.9 Å². The fourth-order valence-corrected chi connectivity index (χ4v) is 3.27. The number of hydrogen-bond donors (Lipinski definition) is 2. The molecule has 2 heterocycles. The van der Waals surface area contributed by atoms with E-state index in [2.05, 4.69) is 15.3 Å². The Kier molecular flexibility index (Phi) is 5.46. The van der Waals surface area contributed by atoms with Crippen LogP contribution in [0.3, 0.4) is 0 Å². The molecule has 0 bridgehead atoms. The van der Waals surface area contributed by atoms with Crippen molar-refractivity contribution in [1.29, 1.82) is 0 Å². The number of hydrogen-bond acceptors (Lipinski definition) is 4. The smallest absolute Gasteiger partial charge is 0.254 e. The van der Waals surface area contributed by atoms with Gasteiger partial charge in [0.05, 0.1) is 18.6 Å². The van der Waals surface area contributed by atoms with Gasteiger partial charge in [-0.1, -0.05) is 12.1 Å². The summed E-state index contributed by atoms with van der Waals surface area (Å²) < 4.78 is 19.0. The quantitative estimate of drug-likeness (QED) is 0.856. The third kappa shape index (κ3) is 4.16. The Labute approximate surface area is 150 Å². The van der Waals surface area contributed by atoms with E-state index in [1.807, 2.05) is 0 Å². The number of rotatable bonds is 5. The molecule has 2 N–H and O–H groups in total. The maximum Gasteiger partial charge on any atom is 0.254 e. The zero-order chi connectivity index (χ0) is 18.7. The lowest BCUT2D eigenvalue weighted by atomic mass is 9.98. The van der Waals surface area contributed by atoms with Crippen molar-refractivity contribution in [2.24, 2.45) is 0 Å². The van der Waals surface area contributed by atoms with Gasteiger partial charge in [-0.3, -0.25) is 9.59 Å². The Morgan fingerprint density at radius 3 is 2.73 bits per heavy atom. The first kappa shape index (κ1) is 18.3. The zero-order valence-corrected chi connectivity index (χ0v) is 14.8. The van der Waals surface area contributed by atoms with Crippen LogP contribution in [0.15, 0.2) is 29.1 Å². The van der Waals surface area contributed by atoms with Crippen LogP contribution in [-0.2, 0) is 16.0 Å². The van der Waals surface area contributed by atoms with E-state index in [1.165, 1.54) is 12.1 Å². The lowest BCUT2D eigenvalue weighted by molar-refractivity contribution is -0.122. The summed E-state index contributed by atoms with van der Waals surface area (Å²) >= 11 is 0. The normalized spacial score (nSPS) is 17.9. The average molecular weight is 359 g/mol. The van der Waals surface area contributed by atoms with Gasteiger partial charge in [0.1, 0.15) is 11.6 Å². The highest BCUT2D eigenvalue weighted by Crippen LogP contribution is 2.27. The minimum absolute atomic E-state index is 0.0706. The largest absolute Gasteiger partial charge is 0.376 e. The van der Waals surface area contributed by atoms with Crippen LogP contribution < -0.4 is 10.9 Å². The van der Waals surface area contributed by atoms with E-state index < -0.39 is 0 Å². The molecular weight excluding hydrogens is 337 g/mol. The molecule has 7 heteroatoms. The molecule has 1 aromatic carbocycles. The van der Waals surface area contributed by atoms with Crippen molar-refractivity contribution in [1.82, 2.24) is 15.3 Å². The van der Waals surface area contributed by atoms with Crippen LogP contribution in [0.5, 0.6) is 0 Å². The Hall–Kier alpha value is -2.54. The number of halogens is 1. The molecule has 2 aromatic rings. The molecule has 3 rings (SSSR count).